The summed E-state index contributed by atoms with van der Waals surface area (Å²) in [5.74, 6) is 1.32. The number of aromatic hydroxyl groups is 2. The Kier molecular flexibility index (Phi) is 7.50. The fourth-order valence-electron chi connectivity index (χ4n) is 3.22. The van der Waals surface area contributed by atoms with Crippen LogP contribution in [0, 0.1) is 0 Å². The average molecular weight is 393 g/mol. The molecule has 4 N–H and O–H groups in total. The van der Waals surface area contributed by atoms with Crippen molar-refractivity contribution >= 4 is 0 Å². The van der Waals surface area contributed by atoms with Gasteiger partial charge in [0.25, 0.3) is 0 Å². The molecule has 0 heterocycles. The van der Waals surface area contributed by atoms with E-state index in [0.29, 0.717) is 13.1 Å². The van der Waals surface area contributed by atoms with Crippen molar-refractivity contribution in [2.45, 2.75) is 18.4 Å². The molecule has 0 aliphatic heterocycles. The van der Waals surface area contributed by atoms with Crippen LogP contribution >= 0.6 is 0 Å². The largest absolute Gasteiger partial charge is 0.508 e. The van der Waals surface area contributed by atoms with Gasteiger partial charge in [-0.25, -0.2) is 0 Å². The molecule has 0 fully saturated rings. The van der Waals surface area contributed by atoms with Crippen LogP contribution in [-0.2, 0) is 0 Å². The molecule has 5 nitrogen and oxygen atoms in total. The van der Waals surface area contributed by atoms with Crippen molar-refractivity contribution in [3.8, 4) is 17.2 Å². The van der Waals surface area contributed by atoms with E-state index in [4.69, 9.17) is 4.74 Å². The van der Waals surface area contributed by atoms with Gasteiger partial charge in [0.15, 0.2) is 0 Å². The molecule has 3 aromatic rings. The molecule has 0 saturated carbocycles. The van der Waals surface area contributed by atoms with Gasteiger partial charge in [0.05, 0.1) is 0 Å². The first kappa shape index (κ1) is 20.7. The van der Waals surface area contributed by atoms with Gasteiger partial charge >= 0.3 is 0 Å². The van der Waals surface area contributed by atoms with Crippen LogP contribution < -0.4 is 10.1 Å². The molecule has 0 bridgehead atoms. The lowest BCUT2D eigenvalue weighted by molar-refractivity contribution is 0.106. The molecular weight excluding hydrogens is 366 g/mol. The maximum atomic E-state index is 10.1. The molecule has 0 radical (unpaired) electrons. The zero-order chi connectivity index (χ0) is 20.5. The molecule has 5 heteroatoms. The second-order valence-electron chi connectivity index (χ2n) is 7.01. The van der Waals surface area contributed by atoms with E-state index in [1.807, 2.05) is 54.6 Å². The normalized spacial score (nSPS) is 12.1. The number of rotatable bonds is 10. The standard InChI is InChI=1S/C24H27NO4/c26-20-10-6-18(7-11-20)24(19-8-12-21(27)13-9-19)14-15-25-16-22(28)17-29-23-4-2-1-3-5-23/h1-13,22,24-28H,14-17H2/t22-/m0/s1. The lowest BCUT2D eigenvalue weighted by Crippen LogP contribution is -2.32. The smallest absolute Gasteiger partial charge is 0.119 e. The number of phenolic OH excluding ortho intramolecular Hbond substituents is 2. The average Bonchev–Trinajstić information content (AvgIpc) is 2.75. The maximum absolute atomic E-state index is 10.1. The van der Waals surface area contributed by atoms with Gasteiger partial charge in [0.2, 0.25) is 0 Å². The Labute approximate surface area is 171 Å². The number of aliphatic hydroxyl groups is 1. The summed E-state index contributed by atoms with van der Waals surface area (Å²) in [7, 11) is 0. The number of phenols is 2. The molecule has 1 atom stereocenters. The monoisotopic (exact) mass is 393 g/mol. The topological polar surface area (TPSA) is 82.0 Å². The predicted octanol–water partition coefficient (Wildman–Crippen LogP) is 3.65. The third-order valence-corrected chi connectivity index (χ3v) is 4.77. The van der Waals surface area contributed by atoms with Crippen LogP contribution in [0.1, 0.15) is 23.5 Å². The number of aliphatic hydroxyl groups excluding tert-OH is 1. The van der Waals surface area contributed by atoms with Crippen LogP contribution in [0.3, 0.4) is 0 Å². The molecule has 0 unspecified atom stereocenters. The van der Waals surface area contributed by atoms with E-state index in [9.17, 15) is 15.3 Å². The summed E-state index contributed by atoms with van der Waals surface area (Å²) in [5.41, 5.74) is 2.17. The van der Waals surface area contributed by atoms with Crippen LogP contribution in [0.25, 0.3) is 0 Å². The fraction of sp³-hybridized carbons (Fsp3) is 0.250. The molecule has 29 heavy (non-hydrogen) atoms. The summed E-state index contributed by atoms with van der Waals surface area (Å²) < 4.78 is 5.57. The summed E-state index contributed by atoms with van der Waals surface area (Å²) in [6, 6.07) is 23.8. The molecule has 0 aliphatic rings. The van der Waals surface area contributed by atoms with Gasteiger partial charge in [-0.2, -0.15) is 0 Å². The highest BCUT2D eigenvalue weighted by Crippen LogP contribution is 2.30. The van der Waals surface area contributed by atoms with E-state index in [1.165, 1.54) is 0 Å². The first-order valence-electron chi connectivity index (χ1n) is 9.76. The molecule has 3 aromatic carbocycles. The van der Waals surface area contributed by atoms with Crippen LogP contribution in [0.15, 0.2) is 78.9 Å². The Balaban J connectivity index is 1.52. The van der Waals surface area contributed by atoms with E-state index in [0.717, 1.165) is 23.3 Å². The molecule has 0 spiro atoms. The van der Waals surface area contributed by atoms with Gasteiger partial charge in [-0.1, -0.05) is 42.5 Å². The Morgan fingerprint density at radius 3 is 1.86 bits per heavy atom. The van der Waals surface area contributed by atoms with E-state index in [-0.39, 0.29) is 24.0 Å². The van der Waals surface area contributed by atoms with Crippen molar-refractivity contribution in [1.29, 1.82) is 0 Å². The maximum Gasteiger partial charge on any atom is 0.119 e. The minimum absolute atomic E-state index is 0.112. The van der Waals surface area contributed by atoms with Crippen molar-refractivity contribution in [2.24, 2.45) is 0 Å². The zero-order valence-corrected chi connectivity index (χ0v) is 16.2. The highest BCUT2D eigenvalue weighted by Gasteiger charge is 2.15. The minimum atomic E-state index is -0.601. The first-order chi connectivity index (χ1) is 14.1. The zero-order valence-electron chi connectivity index (χ0n) is 16.2. The van der Waals surface area contributed by atoms with Crippen molar-refractivity contribution < 1.29 is 20.1 Å². The van der Waals surface area contributed by atoms with Crippen molar-refractivity contribution in [3.05, 3.63) is 90.0 Å². The van der Waals surface area contributed by atoms with Gasteiger partial charge < -0.3 is 25.4 Å². The number of nitrogens with one attached hydrogen (secondary N) is 1. The number of ether oxygens (including phenoxy) is 1. The first-order valence-corrected chi connectivity index (χ1v) is 9.76. The van der Waals surface area contributed by atoms with Crippen LogP contribution in [0.2, 0.25) is 0 Å². The molecule has 0 aliphatic carbocycles. The highest BCUT2D eigenvalue weighted by molar-refractivity contribution is 5.37. The Morgan fingerprint density at radius 1 is 0.759 bits per heavy atom. The quantitative estimate of drug-likeness (QED) is 0.395. The van der Waals surface area contributed by atoms with Crippen molar-refractivity contribution in [1.82, 2.24) is 5.32 Å². The van der Waals surface area contributed by atoms with E-state index in [2.05, 4.69) is 5.32 Å². The van der Waals surface area contributed by atoms with Gasteiger partial charge in [0.1, 0.15) is 30.0 Å². The molecule has 3 rings (SSSR count). The minimum Gasteiger partial charge on any atom is -0.508 e. The third kappa shape index (κ3) is 6.52. The lowest BCUT2D eigenvalue weighted by atomic mass is 9.88. The van der Waals surface area contributed by atoms with Crippen LogP contribution in [0.4, 0.5) is 0 Å². The van der Waals surface area contributed by atoms with Crippen LogP contribution in [0.5, 0.6) is 17.2 Å². The summed E-state index contributed by atoms with van der Waals surface area (Å²) in [6.45, 7) is 1.37. The van der Waals surface area contributed by atoms with Gasteiger partial charge in [0, 0.05) is 12.5 Å². The van der Waals surface area contributed by atoms with E-state index in [1.54, 1.807) is 24.3 Å². The molecule has 152 valence electrons. The van der Waals surface area contributed by atoms with Crippen molar-refractivity contribution in [3.63, 3.8) is 0 Å². The number of benzene rings is 3. The Bertz CT molecular complexity index is 805. The number of hydrogen-bond donors (Lipinski definition) is 4. The lowest BCUT2D eigenvalue weighted by Gasteiger charge is -2.19. The molecule has 0 aromatic heterocycles. The fourth-order valence-corrected chi connectivity index (χ4v) is 3.22. The second kappa shape index (κ2) is 10.5. The molecular formula is C24H27NO4. The van der Waals surface area contributed by atoms with Crippen LogP contribution in [-0.4, -0.2) is 41.1 Å². The van der Waals surface area contributed by atoms with Gasteiger partial charge in [-0.3, -0.25) is 0 Å². The number of para-hydroxylation sites is 1. The summed E-state index contributed by atoms with van der Waals surface area (Å²) in [5, 5.41) is 32.6. The summed E-state index contributed by atoms with van der Waals surface area (Å²) >= 11 is 0. The predicted molar refractivity (Wildman–Crippen MR) is 113 cm³/mol. The van der Waals surface area contributed by atoms with Crippen molar-refractivity contribution in [2.75, 3.05) is 19.7 Å². The van der Waals surface area contributed by atoms with E-state index < -0.39 is 6.10 Å². The Hall–Kier alpha value is -3.02. The van der Waals surface area contributed by atoms with Gasteiger partial charge in [-0.15, -0.1) is 0 Å². The SMILES string of the molecule is Oc1ccc(C(CCNC[C@H](O)COc2ccccc2)c2ccc(O)cc2)cc1. The number of hydrogen-bond acceptors (Lipinski definition) is 5. The Morgan fingerprint density at radius 2 is 1.31 bits per heavy atom. The summed E-state index contributed by atoms with van der Waals surface area (Å²) in [4.78, 5) is 0. The second-order valence-corrected chi connectivity index (χ2v) is 7.01. The molecule has 0 saturated heterocycles. The summed E-state index contributed by atoms with van der Waals surface area (Å²) in [6.07, 6.45) is 0.206. The highest BCUT2D eigenvalue weighted by atomic mass is 16.5. The third-order valence-electron chi connectivity index (χ3n) is 4.77. The molecule has 0 amide bonds. The van der Waals surface area contributed by atoms with E-state index >= 15 is 0 Å². The van der Waals surface area contributed by atoms with Gasteiger partial charge in [-0.05, 0) is 60.5 Å².